The van der Waals surface area contributed by atoms with Crippen molar-refractivity contribution >= 4 is 51.8 Å². The number of carbonyl (C=O) groups excluding carboxylic acids is 1. The van der Waals surface area contributed by atoms with E-state index in [9.17, 15) is 22.4 Å². The van der Waals surface area contributed by atoms with Crippen LogP contribution < -0.4 is 0 Å². The zero-order chi connectivity index (χ0) is 18.4. The summed E-state index contributed by atoms with van der Waals surface area (Å²) < 4.78 is 58.5. The predicted molar refractivity (Wildman–Crippen MR) is 89.3 cm³/mol. The lowest BCUT2D eigenvalue weighted by Gasteiger charge is -2.10. The van der Waals surface area contributed by atoms with Crippen LogP contribution in [0.4, 0.5) is 17.6 Å². The van der Waals surface area contributed by atoms with Gasteiger partial charge in [0.15, 0.2) is 23.3 Å². The Morgan fingerprint density at radius 3 is 2.12 bits per heavy atom. The lowest BCUT2D eigenvalue weighted by atomic mass is 10.1. The van der Waals surface area contributed by atoms with E-state index < -0.39 is 56.3 Å². The van der Waals surface area contributed by atoms with Crippen molar-refractivity contribution < 1.29 is 27.1 Å². The van der Waals surface area contributed by atoms with Gasteiger partial charge >= 0.3 is 5.97 Å². The highest BCUT2D eigenvalue weighted by Crippen LogP contribution is 2.60. The lowest BCUT2D eigenvalue weighted by Crippen LogP contribution is -2.14. The largest absolute Gasteiger partial charge is 0.460 e. The maximum atomic E-state index is 13.7. The fourth-order valence-electron chi connectivity index (χ4n) is 2.58. The number of hydrogen-bond acceptors (Lipinski definition) is 2. The van der Waals surface area contributed by atoms with Crippen LogP contribution >= 0.6 is 45.8 Å². The zero-order valence-corrected chi connectivity index (χ0v) is 16.1. The molecular formula is C15H11Cl2F4IO2. The standard InChI is InChI=1S/C15H11Cl2F4IO2/c1-15(2)6(3-7(16)17)8(15)14(23)24-4-5-9(18)11(20)13(22)12(21)10(5)19/h3,6,8H,4H2,1-2H3/t6-,8+/m0/s1. The van der Waals surface area contributed by atoms with Gasteiger partial charge in [0, 0.05) is 0 Å². The van der Waals surface area contributed by atoms with E-state index in [-0.39, 0.29) is 10.4 Å². The molecule has 0 saturated heterocycles. The van der Waals surface area contributed by atoms with Gasteiger partial charge in [-0.3, -0.25) is 4.79 Å². The molecule has 1 saturated carbocycles. The molecule has 0 aliphatic heterocycles. The van der Waals surface area contributed by atoms with Crippen molar-refractivity contribution in [2.24, 2.45) is 17.3 Å². The Balaban J connectivity index is 2.16. The summed E-state index contributed by atoms with van der Waals surface area (Å²) in [5, 5.41) is 0. The van der Waals surface area contributed by atoms with Crippen molar-refractivity contribution in [3.8, 4) is 0 Å². The third kappa shape index (κ3) is 3.53. The van der Waals surface area contributed by atoms with E-state index >= 15 is 0 Å². The molecule has 0 radical (unpaired) electrons. The number of ether oxygens (including phenoxy) is 1. The molecule has 0 aromatic heterocycles. The monoisotopic (exact) mass is 496 g/mol. The zero-order valence-electron chi connectivity index (χ0n) is 12.4. The third-order valence-corrected chi connectivity index (χ3v) is 5.33. The molecule has 0 bridgehead atoms. The molecule has 132 valence electrons. The van der Waals surface area contributed by atoms with Crippen LogP contribution in [0.1, 0.15) is 19.4 Å². The number of allylic oxidation sites excluding steroid dienone is 1. The van der Waals surface area contributed by atoms with Crippen LogP contribution in [0.5, 0.6) is 0 Å². The van der Waals surface area contributed by atoms with Crippen molar-refractivity contribution in [3.05, 3.63) is 43.0 Å². The van der Waals surface area contributed by atoms with Crippen LogP contribution in [-0.4, -0.2) is 5.97 Å². The van der Waals surface area contributed by atoms with E-state index in [0.717, 1.165) is 22.6 Å². The molecule has 0 unspecified atom stereocenters. The normalized spacial score (nSPS) is 21.4. The summed E-state index contributed by atoms with van der Waals surface area (Å²) in [5.74, 6) is -7.88. The number of halogens is 7. The number of hydrogen-bond donors (Lipinski definition) is 0. The Kier molecular flexibility index (Phi) is 5.76. The van der Waals surface area contributed by atoms with Gasteiger partial charge in [-0.15, -0.1) is 0 Å². The average Bonchev–Trinajstić information content (AvgIpc) is 3.02. The van der Waals surface area contributed by atoms with Gasteiger partial charge in [-0.25, -0.2) is 17.6 Å². The van der Waals surface area contributed by atoms with Gasteiger partial charge in [0.05, 0.1) is 15.1 Å². The van der Waals surface area contributed by atoms with Crippen LogP contribution in [0.15, 0.2) is 10.6 Å². The Hall–Kier alpha value is -0.540. The Labute approximate surface area is 159 Å². The molecule has 0 N–H and O–H groups in total. The van der Waals surface area contributed by atoms with E-state index in [0.29, 0.717) is 0 Å². The van der Waals surface area contributed by atoms with E-state index in [1.807, 2.05) is 0 Å². The second-order valence-corrected chi connectivity index (χ2v) is 8.02. The van der Waals surface area contributed by atoms with Crippen LogP contribution in [0.25, 0.3) is 0 Å². The summed E-state index contributed by atoms with van der Waals surface area (Å²) in [6, 6.07) is 0. The molecule has 1 aliphatic carbocycles. The minimum absolute atomic E-state index is 0.0118. The van der Waals surface area contributed by atoms with Gasteiger partial charge in [0.1, 0.15) is 11.1 Å². The maximum Gasteiger partial charge on any atom is 0.310 e. The van der Waals surface area contributed by atoms with Gasteiger partial charge in [0.2, 0.25) is 0 Å². The number of esters is 1. The fraction of sp³-hybridized carbons (Fsp3) is 0.400. The summed E-state index contributed by atoms with van der Waals surface area (Å²) in [6.07, 6.45) is 1.47. The van der Waals surface area contributed by atoms with Crippen molar-refractivity contribution in [3.63, 3.8) is 0 Å². The quantitative estimate of drug-likeness (QED) is 0.181. The molecule has 0 spiro atoms. The van der Waals surface area contributed by atoms with Crippen molar-refractivity contribution in [1.29, 1.82) is 0 Å². The van der Waals surface area contributed by atoms with E-state index in [1.165, 1.54) is 6.08 Å². The van der Waals surface area contributed by atoms with Crippen LogP contribution in [0, 0.1) is 44.1 Å². The van der Waals surface area contributed by atoms with Crippen molar-refractivity contribution in [2.45, 2.75) is 20.5 Å². The first kappa shape index (κ1) is 19.8. The molecule has 1 aromatic carbocycles. The average molecular weight is 497 g/mol. The van der Waals surface area contributed by atoms with E-state index in [4.69, 9.17) is 27.9 Å². The SMILES string of the molecule is CC1(C)[C@@H](C=C(Cl)Cl)[C@@H]1C(=O)OCc1c(F)c(F)c(I)c(F)c1F. The fourth-order valence-corrected chi connectivity index (χ4v) is 3.33. The molecule has 1 fully saturated rings. The number of benzene rings is 1. The van der Waals surface area contributed by atoms with Crippen molar-refractivity contribution in [2.75, 3.05) is 0 Å². The second kappa shape index (κ2) is 6.99. The third-order valence-electron chi connectivity index (χ3n) is 4.13. The Morgan fingerprint density at radius 1 is 1.17 bits per heavy atom. The molecule has 1 aromatic rings. The molecule has 2 rings (SSSR count). The summed E-state index contributed by atoms with van der Waals surface area (Å²) in [7, 11) is 0. The highest BCUT2D eigenvalue weighted by Gasteiger charge is 2.61. The predicted octanol–water partition coefficient (Wildman–Crippen LogP) is 5.48. The summed E-state index contributed by atoms with van der Waals surface area (Å²) in [6.45, 7) is 2.61. The summed E-state index contributed by atoms with van der Waals surface area (Å²) in [4.78, 5) is 12.1. The maximum absolute atomic E-state index is 13.7. The second-order valence-electron chi connectivity index (χ2n) is 5.94. The molecule has 0 heterocycles. The number of carbonyl (C=O) groups is 1. The van der Waals surface area contributed by atoms with E-state index in [2.05, 4.69) is 0 Å². The first-order chi connectivity index (χ1) is 11.0. The smallest absolute Gasteiger partial charge is 0.310 e. The molecule has 24 heavy (non-hydrogen) atoms. The van der Waals surface area contributed by atoms with Gasteiger partial charge in [-0.05, 0) is 40.0 Å². The Morgan fingerprint density at radius 2 is 1.67 bits per heavy atom. The topological polar surface area (TPSA) is 26.3 Å². The van der Waals surface area contributed by atoms with Crippen LogP contribution in [-0.2, 0) is 16.1 Å². The Bertz CT molecular complexity index is 704. The summed E-state index contributed by atoms with van der Waals surface area (Å²) >= 11 is 12.3. The summed E-state index contributed by atoms with van der Waals surface area (Å²) in [5.41, 5.74) is -1.47. The molecular weight excluding hydrogens is 486 g/mol. The van der Waals surface area contributed by atoms with Crippen LogP contribution in [0.3, 0.4) is 0 Å². The van der Waals surface area contributed by atoms with Gasteiger partial charge in [-0.2, -0.15) is 0 Å². The molecule has 1 aliphatic rings. The first-order valence-electron chi connectivity index (χ1n) is 6.69. The lowest BCUT2D eigenvalue weighted by molar-refractivity contribution is -0.147. The molecule has 2 nitrogen and oxygen atoms in total. The first-order valence-corrected chi connectivity index (χ1v) is 8.53. The minimum atomic E-state index is -1.58. The van der Waals surface area contributed by atoms with Crippen LogP contribution in [0.2, 0.25) is 0 Å². The molecule has 2 atom stereocenters. The van der Waals surface area contributed by atoms with Gasteiger partial charge < -0.3 is 4.74 Å². The highest BCUT2D eigenvalue weighted by atomic mass is 127. The number of rotatable bonds is 4. The van der Waals surface area contributed by atoms with Crippen molar-refractivity contribution in [1.82, 2.24) is 0 Å². The molecule has 9 heteroatoms. The van der Waals surface area contributed by atoms with Gasteiger partial charge in [-0.1, -0.05) is 37.0 Å². The highest BCUT2D eigenvalue weighted by molar-refractivity contribution is 14.1. The minimum Gasteiger partial charge on any atom is -0.460 e. The van der Waals surface area contributed by atoms with E-state index in [1.54, 1.807) is 13.8 Å². The molecule has 0 amide bonds. The van der Waals surface area contributed by atoms with Gasteiger partial charge in [0.25, 0.3) is 0 Å².